The average molecular weight is 279 g/mol. The summed E-state index contributed by atoms with van der Waals surface area (Å²) in [5, 5.41) is 21.8. The van der Waals surface area contributed by atoms with E-state index in [0.717, 1.165) is 0 Å². The van der Waals surface area contributed by atoms with E-state index in [2.05, 4.69) is 5.32 Å². The van der Waals surface area contributed by atoms with Gasteiger partial charge in [0.25, 0.3) is 5.91 Å². The zero-order valence-corrected chi connectivity index (χ0v) is 11.2. The van der Waals surface area contributed by atoms with Gasteiger partial charge in [-0.3, -0.25) is 4.79 Å². The minimum absolute atomic E-state index is 0.0807. The number of ether oxygens (including phenoxy) is 1. The normalized spacial score (nSPS) is 17.4. The Hall–Kier alpha value is -2.08. The van der Waals surface area contributed by atoms with Gasteiger partial charge in [-0.15, -0.1) is 0 Å². The first-order valence-corrected chi connectivity index (χ1v) is 6.38. The largest absolute Gasteiger partial charge is 0.507 e. The Labute approximate surface area is 116 Å². The number of hydrogen-bond donors (Lipinski definition) is 3. The van der Waals surface area contributed by atoms with E-state index >= 15 is 0 Å². The van der Waals surface area contributed by atoms with Gasteiger partial charge in [-0.2, -0.15) is 0 Å². The third kappa shape index (κ3) is 2.60. The number of amides is 1. The molecular weight excluding hydrogens is 262 g/mol. The molecule has 0 spiro atoms. The molecule has 3 N–H and O–H groups in total. The number of phenols is 1. The molecule has 1 saturated heterocycles. The number of carboxylic acid groups (broad SMARTS) is 1. The van der Waals surface area contributed by atoms with Crippen molar-refractivity contribution in [3.05, 3.63) is 29.3 Å². The smallest absolute Gasteiger partial charge is 0.329 e. The van der Waals surface area contributed by atoms with Gasteiger partial charge in [0, 0.05) is 26.1 Å². The predicted molar refractivity (Wildman–Crippen MR) is 70.7 cm³/mol. The van der Waals surface area contributed by atoms with Gasteiger partial charge < -0.3 is 20.3 Å². The summed E-state index contributed by atoms with van der Waals surface area (Å²) >= 11 is 0. The summed E-state index contributed by atoms with van der Waals surface area (Å²) in [7, 11) is 0. The number of rotatable bonds is 3. The van der Waals surface area contributed by atoms with E-state index in [-0.39, 0.29) is 37.4 Å². The van der Waals surface area contributed by atoms with Crippen molar-refractivity contribution >= 4 is 11.9 Å². The van der Waals surface area contributed by atoms with Gasteiger partial charge in [-0.1, -0.05) is 12.1 Å². The zero-order valence-electron chi connectivity index (χ0n) is 11.2. The van der Waals surface area contributed by atoms with Crippen LogP contribution in [0.1, 0.15) is 28.8 Å². The molecule has 0 radical (unpaired) electrons. The minimum atomic E-state index is -1.33. The molecule has 2 rings (SSSR count). The monoisotopic (exact) mass is 279 g/mol. The van der Waals surface area contributed by atoms with E-state index < -0.39 is 17.4 Å². The maximum atomic E-state index is 12.2. The van der Waals surface area contributed by atoms with Crippen LogP contribution < -0.4 is 5.32 Å². The van der Waals surface area contributed by atoms with Gasteiger partial charge in [0.2, 0.25) is 0 Å². The number of hydrogen-bond acceptors (Lipinski definition) is 4. The topological polar surface area (TPSA) is 95.9 Å². The van der Waals surface area contributed by atoms with E-state index in [1.165, 1.54) is 6.07 Å². The molecule has 1 heterocycles. The highest BCUT2D eigenvalue weighted by Gasteiger charge is 2.42. The quantitative estimate of drug-likeness (QED) is 0.769. The highest BCUT2D eigenvalue weighted by Crippen LogP contribution is 2.25. The van der Waals surface area contributed by atoms with Crippen LogP contribution in [0.2, 0.25) is 0 Å². The highest BCUT2D eigenvalue weighted by molar-refractivity contribution is 6.00. The summed E-state index contributed by atoms with van der Waals surface area (Å²) in [6.07, 6.45) is 0.418. The molecule has 1 aromatic rings. The summed E-state index contributed by atoms with van der Waals surface area (Å²) in [5.74, 6) is -1.80. The number of phenolic OH excluding ortho intramolecular Hbond substituents is 1. The number of aryl methyl sites for hydroxylation is 1. The molecule has 6 nitrogen and oxygen atoms in total. The Kier molecular flexibility index (Phi) is 3.94. The van der Waals surface area contributed by atoms with Gasteiger partial charge in [0.15, 0.2) is 0 Å². The van der Waals surface area contributed by atoms with Crippen LogP contribution in [-0.2, 0) is 9.53 Å². The molecule has 1 aromatic carbocycles. The van der Waals surface area contributed by atoms with Crippen molar-refractivity contribution in [1.29, 1.82) is 0 Å². The van der Waals surface area contributed by atoms with Crippen LogP contribution in [0, 0.1) is 6.92 Å². The lowest BCUT2D eigenvalue weighted by Crippen LogP contribution is -2.57. The third-order valence-corrected chi connectivity index (χ3v) is 3.59. The number of carboxylic acids is 1. The summed E-state index contributed by atoms with van der Waals surface area (Å²) in [4.78, 5) is 23.7. The van der Waals surface area contributed by atoms with E-state index in [9.17, 15) is 19.8 Å². The van der Waals surface area contributed by atoms with Crippen molar-refractivity contribution in [3.8, 4) is 5.75 Å². The maximum Gasteiger partial charge on any atom is 0.329 e. The van der Waals surface area contributed by atoms with Crippen molar-refractivity contribution in [3.63, 3.8) is 0 Å². The predicted octanol–water partition coefficient (Wildman–Crippen LogP) is 1.06. The van der Waals surface area contributed by atoms with E-state index in [1.807, 2.05) is 0 Å². The summed E-state index contributed by atoms with van der Waals surface area (Å²) < 4.78 is 5.14. The van der Waals surface area contributed by atoms with Crippen LogP contribution in [0.15, 0.2) is 18.2 Å². The fraction of sp³-hybridized carbons (Fsp3) is 0.429. The Morgan fingerprint density at radius 3 is 2.55 bits per heavy atom. The van der Waals surface area contributed by atoms with Gasteiger partial charge in [-0.25, -0.2) is 4.79 Å². The van der Waals surface area contributed by atoms with Crippen molar-refractivity contribution in [2.75, 3.05) is 13.2 Å². The van der Waals surface area contributed by atoms with Gasteiger partial charge in [0.05, 0.1) is 5.56 Å². The second kappa shape index (κ2) is 5.50. The zero-order chi connectivity index (χ0) is 14.8. The lowest BCUT2D eigenvalue weighted by atomic mass is 9.89. The van der Waals surface area contributed by atoms with Crippen molar-refractivity contribution < 1.29 is 24.5 Å². The first-order chi connectivity index (χ1) is 9.46. The molecule has 6 heteroatoms. The number of carbonyl (C=O) groups is 2. The average Bonchev–Trinajstić information content (AvgIpc) is 2.42. The number of carbonyl (C=O) groups excluding carboxylic acids is 1. The molecule has 1 aliphatic rings. The van der Waals surface area contributed by atoms with Crippen LogP contribution in [0.25, 0.3) is 0 Å². The van der Waals surface area contributed by atoms with Crippen LogP contribution in [-0.4, -0.2) is 40.8 Å². The number of benzene rings is 1. The Morgan fingerprint density at radius 2 is 1.95 bits per heavy atom. The van der Waals surface area contributed by atoms with E-state index in [0.29, 0.717) is 5.56 Å². The van der Waals surface area contributed by atoms with Crippen molar-refractivity contribution in [1.82, 2.24) is 5.32 Å². The molecule has 1 aliphatic heterocycles. The van der Waals surface area contributed by atoms with Gasteiger partial charge in [0.1, 0.15) is 11.3 Å². The molecule has 108 valence electrons. The van der Waals surface area contributed by atoms with Crippen LogP contribution in [0.4, 0.5) is 0 Å². The molecule has 0 atom stereocenters. The highest BCUT2D eigenvalue weighted by atomic mass is 16.5. The number of para-hydroxylation sites is 1. The summed E-state index contributed by atoms with van der Waals surface area (Å²) in [6.45, 7) is 2.24. The minimum Gasteiger partial charge on any atom is -0.507 e. The first-order valence-electron chi connectivity index (χ1n) is 6.38. The van der Waals surface area contributed by atoms with E-state index in [4.69, 9.17) is 4.74 Å². The summed E-state index contributed by atoms with van der Waals surface area (Å²) in [5.41, 5.74) is -0.683. The van der Waals surface area contributed by atoms with Crippen LogP contribution >= 0.6 is 0 Å². The number of nitrogens with one attached hydrogen (secondary N) is 1. The standard InChI is InChI=1S/C14H17NO5/c1-9-3-2-4-10(11(9)16)12(17)15-14(13(18)19)5-7-20-8-6-14/h2-4,16H,5-8H2,1H3,(H,15,17)(H,18,19). The van der Waals surface area contributed by atoms with Crippen LogP contribution in [0.3, 0.4) is 0 Å². The molecule has 0 unspecified atom stereocenters. The first kappa shape index (κ1) is 14.3. The van der Waals surface area contributed by atoms with E-state index in [1.54, 1.807) is 19.1 Å². The Morgan fingerprint density at radius 1 is 1.30 bits per heavy atom. The fourth-order valence-electron chi connectivity index (χ4n) is 2.24. The van der Waals surface area contributed by atoms with Gasteiger partial charge >= 0.3 is 5.97 Å². The van der Waals surface area contributed by atoms with Crippen LogP contribution in [0.5, 0.6) is 5.75 Å². The molecule has 0 aromatic heterocycles. The van der Waals surface area contributed by atoms with Crippen molar-refractivity contribution in [2.45, 2.75) is 25.3 Å². The maximum absolute atomic E-state index is 12.2. The number of aromatic hydroxyl groups is 1. The fourth-order valence-corrected chi connectivity index (χ4v) is 2.24. The SMILES string of the molecule is Cc1cccc(C(=O)NC2(C(=O)O)CCOCC2)c1O. The molecule has 20 heavy (non-hydrogen) atoms. The molecule has 0 saturated carbocycles. The lowest BCUT2D eigenvalue weighted by molar-refractivity contribution is -0.148. The Balaban J connectivity index is 2.25. The third-order valence-electron chi connectivity index (χ3n) is 3.59. The lowest BCUT2D eigenvalue weighted by Gasteiger charge is -2.33. The van der Waals surface area contributed by atoms with Gasteiger partial charge in [-0.05, 0) is 18.6 Å². The molecule has 1 amide bonds. The molecular formula is C14H17NO5. The molecule has 0 aliphatic carbocycles. The van der Waals surface area contributed by atoms with Crippen molar-refractivity contribution in [2.24, 2.45) is 0 Å². The molecule has 0 bridgehead atoms. The molecule has 1 fully saturated rings. The number of aliphatic carboxylic acids is 1. The second-order valence-corrected chi connectivity index (χ2v) is 4.92. The summed E-state index contributed by atoms with van der Waals surface area (Å²) in [6, 6.07) is 4.78. The second-order valence-electron chi connectivity index (χ2n) is 4.92. The Bertz CT molecular complexity index is 534.